The van der Waals surface area contributed by atoms with Gasteiger partial charge in [0.15, 0.2) is 5.69 Å². The Bertz CT molecular complexity index is 2060. The van der Waals surface area contributed by atoms with Gasteiger partial charge in [-0.2, -0.15) is 5.10 Å². The van der Waals surface area contributed by atoms with Crippen LogP contribution in [0.15, 0.2) is 64.9 Å². The first-order valence-corrected chi connectivity index (χ1v) is 16.1. The van der Waals surface area contributed by atoms with E-state index < -0.39 is 38.3 Å². The molecule has 1 saturated carbocycles. The lowest BCUT2D eigenvalue weighted by Gasteiger charge is -2.11. The summed E-state index contributed by atoms with van der Waals surface area (Å²) in [6.45, 7) is 0. The standard InChI is InChI=1S/C30H22ClF3N4O4S2/c31-21-6-4-17(13-23(21)33)19-12-18(5-7-22(19)32)28-20(9-16-3-8-27(24(34)10-16)44(35,41)42)26(11-15-1-2-15)38(37-28)30-36-25(14-43-30)29(39)40/h3-8,10,12-15H,1-2,9,11H2,(H,39,40)(H2,35,41,42). The van der Waals surface area contributed by atoms with Gasteiger partial charge in [0.25, 0.3) is 0 Å². The van der Waals surface area contributed by atoms with Crippen molar-refractivity contribution in [3.05, 3.63) is 105 Å². The number of halogens is 4. The number of carboxylic acids is 1. The van der Waals surface area contributed by atoms with Crippen molar-refractivity contribution < 1.29 is 31.5 Å². The summed E-state index contributed by atoms with van der Waals surface area (Å²) in [7, 11) is -4.28. The van der Waals surface area contributed by atoms with E-state index in [9.17, 15) is 27.1 Å². The van der Waals surface area contributed by atoms with Crippen LogP contribution in [0.5, 0.6) is 0 Å². The molecule has 2 aromatic heterocycles. The molecule has 0 amide bonds. The molecule has 0 aliphatic heterocycles. The number of carboxylic acid groups (broad SMARTS) is 1. The molecule has 8 nitrogen and oxygen atoms in total. The second-order valence-electron chi connectivity index (χ2n) is 10.5. The molecule has 2 heterocycles. The predicted molar refractivity (Wildman–Crippen MR) is 159 cm³/mol. The summed E-state index contributed by atoms with van der Waals surface area (Å²) in [6.07, 6.45) is 2.59. The van der Waals surface area contributed by atoms with Crippen LogP contribution in [-0.4, -0.2) is 34.3 Å². The molecule has 6 rings (SSSR count). The lowest BCUT2D eigenvalue weighted by Crippen LogP contribution is -2.14. The number of primary sulfonamides is 1. The van der Waals surface area contributed by atoms with Crippen LogP contribution in [0, 0.1) is 23.4 Å². The number of aromatic carboxylic acids is 1. The third-order valence-corrected chi connectivity index (χ3v) is 9.38. The number of benzene rings is 3. The molecule has 0 atom stereocenters. The largest absolute Gasteiger partial charge is 0.476 e. The van der Waals surface area contributed by atoms with E-state index in [2.05, 4.69) is 4.98 Å². The van der Waals surface area contributed by atoms with Gasteiger partial charge in [-0.15, -0.1) is 11.3 Å². The van der Waals surface area contributed by atoms with Crippen molar-refractivity contribution in [2.45, 2.75) is 30.6 Å². The van der Waals surface area contributed by atoms with Crippen LogP contribution >= 0.6 is 22.9 Å². The summed E-state index contributed by atoms with van der Waals surface area (Å²) in [4.78, 5) is 15.2. The molecular weight excluding hydrogens is 637 g/mol. The van der Waals surface area contributed by atoms with Crippen molar-refractivity contribution >= 4 is 38.9 Å². The zero-order chi connectivity index (χ0) is 31.3. The van der Waals surface area contributed by atoms with Crippen molar-refractivity contribution in [3.63, 3.8) is 0 Å². The average Bonchev–Trinajstić information content (AvgIpc) is 3.52. The van der Waals surface area contributed by atoms with Crippen LogP contribution < -0.4 is 5.14 Å². The van der Waals surface area contributed by atoms with Gasteiger partial charge in [0.05, 0.1) is 16.4 Å². The zero-order valence-corrected chi connectivity index (χ0v) is 25.0. The summed E-state index contributed by atoms with van der Waals surface area (Å²) < 4.78 is 69.4. The third kappa shape index (κ3) is 6.00. The fourth-order valence-corrected chi connectivity index (χ4v) is 6.45. The van der Waals surface area contributed by atoms with Crippen molar-refractivity contribution in [2.75, 3.05) is 0 Å². The monoisotopic (exact) mass is 658 g/mol. The third-order valence-electron chi connectivity index (χ3n) is 7.32. The van der Waals surface area contributed by atoms with Crippen molar-refractivity contribution in [3.8, 4) is 27.5 Å². The van der Waals surface area contributed by atoms with E-state index in [-0.39, 0.29) is 28.3 Å². The van der Waals surface area contributed by atoms with E-state index in [4.69, 9.17) is 21.8 Å². The van der Waals surface area contributed by atoms with Gasteiger partial charge in [-0.05, 0) is 78.8 Å². The van der Waals surface area contributed by atoms with Gasteiger partial charge >= 0.3 is 5.97 Å². The van der Waals surface area contributed by atoms with E-state index in [0.29, 0.717) is 45.5 Å². The molecular formula is C30H22ClF3N4O4S2. The molecule has 226 valence electrons. The number of thiazole rings is 1. The Morgan fingerprint density at radius 3 is 2.41 bits per heavy atom. The Morgan fingerprint density at radius 1 is 1.02 bits per heavy atom. The lowest BCUT2D eigenvalue weighted by molar-refractivity contribution is 0.0691. The quantitative estimate of drug-likeness (QED) is 0.183. The van der Waals surface area contributed by atoms with Crippen LogP contribution in [0.25, 0.3) is 27.5 Å². The van der Waals surface area contributed by atoms with Crippen LogP contribution in [0.1, 0.15) is 40.2 Å². The minimum Gasteiger partial charge on any atom is -0.476 e. The summed E-state index contributed by atoms with van der Waals surface area (Å²) in [6, 6.07) is 11.8. The van der Waals surface area contributed by atoms with E-state index in [0.717, 1.165) is 42.4 Å². The topological polar surface area (TPSA) is 128 Å². The lowest BCUT2D eigenvalue weighted by atomic mass is 9.95. The molecule has 3 N–H and O–H groups in total. The SMILES string of the molecule is NS(=O)(=O)c1ccc(Cc2c(-c3ccc(F)c(-c4ccc(Cl)c(F)c4)c3)nn(-c3nc(C(=O)O)cs3)c2CC2CC2)cc1F. The smallest absolute Gasteiger partial charge is 0.355 e. The van der Waals surface area contributed by atoms with Gasteiger partial charge in [-0.3, -0.25) is 0 Å². The Balaban J connectivity index is 1.55. The fourth-order valence-electron chi connectivity index (χ4n) is 4.97. The first kappa shape index (κ1) is 30.0. The molecule has 0 radical (unpaired) electrons. The van der Waals surface area contributed by atoms with E-state index >= 15 is 4.39 Å². The van der Waals surface area contributed by atoms with Crippen LogP contribution in [0.3, 0.4) is 0 Å². The summed E-state index contributed by atoms with van der Waals surface area (Å²) in [5.74, 6) is -3.21. The molecule has 3 aromatic carbocycles. The highest BCUT2D eigenvalue weighted by Crippen LogP contribution is 2.39. The number of aromatic nitrogens is 3. The summed E-state index contributed by atoms with van der Waals surface area (Å²) in [5, 5.41) is 21.0. The molecule has 14 heteroatoms. The maximum atomic E-state index is 15.1. The van der Waals surface area contributed by atoms with Gasteiger partial charge in [0.2, 0.25) is 15.2 Å². The molecule has 0 unspecified atom stereocenters. The number of hydrogen-bond donors (Lipinski definition) is 2. The van der Waals surface area contributed by atoms with Gasteiger partial charge in [-0.1, -0.05) is 23.7 Å². The molecule has 0 saturated heterocycles. The molecule has 44 heavy (non-hydrogen) atoms. The van der Waals surface area contributed by atoms with Crippen LogP contribution in [0.4, 0.5) is 13.2 Å². The molecule has 0 bridgehead atoms. The van der Waals surface area contributed by atoms with Gasteiger partial charge in [0, 0.05) is 28.5 Å². The minimum atomic E-state index is -4.28. The van der Waals surface area contributed by atoms with Gasteiger partial charge < -0.3 is 5.11 Å². The number of nitrogens with zero attached hydrogens (tertiary/aromatic N) is 3. The maximum Gasteiger partial charge on any atom is 0.355 e. The first-order valence-electron chi connectivity index (χ1n) is 13.3. The van der Waals surface area contributed by atoms with E-state index in [1.807, 2.05) is 0 Å². The molecule has 5 aromatic rings. The second-order valence-corrected chi connectivity index (χ2v) is 13.2. The van der Waals surface area contributed by atoms with Crippen molar-refractivity contribution in [1.82, 2.24) is 14.8 Å². The predicted octanol–water partition coefficient (Wildman–Crippen LogP) is 6.62. The first-order chi connectivity index (χ1) is 20.9. The van der Waals surface area contributed by atoms with Crippen LogP contribution in [-0.2, 0) is 22.9 Å². The molecule has 1 aliphatic carbocycles. The van der Waals surface area contributed by atoms with Gasteiger partial charge in [0.1, 0.15) is 22.3 Å². The summed E-state index contributed by atoms with van der Waals surface area (Å²) in [5.41, 5.74) is 2.78. The number of nitrogens with two attached hydrogens (primary N) is 1. The molecule has 1 fully saturated rings. The molecule has 1 aliphatic rings. The van der Waals surface area contributed by atoms with E-state index in [1.54, 1.807) is 4.68 Å². The fraction of sp³-hybridized carbons (Fsp3) is 0.167. The van der Waals surface area contributed by atoms with Gasteiger partial charge in [-0.25, -0.2) is 41.2 Å². The van der Waals surface area contributed by atoms with Crippen molar-refractivity contribution in [2.24, 2.45) is 11.1 Å². The maximum absolute atomic E-state index is 15.1. The Morgan fingerprint density at radius 2 is 1.77 bits per heavy atom. The normalized spacial score (nSPS) is 13.4. The van der Waals surface area contributed by atoms with Crippen molar-refractivity contribution in [1.29, 1.82) is 0 Å². The highest BCUT2D eigenvalue weighted by Gasteiger charge is 2.30. The zero-order valence-electron chi connectivity index (χ0n) is 22.6. The average molecular weight is 659 g/mol. The number of sulfonamides is 1. The highest BCUT2D eigenvalue weighted by molar-refractivity contribution is 7.89. The highest BCUT2D eigenvalue weighted by atomic mass is 35.5. The Kier molecular flexibility index (Phi) is 7.82. The Labute approximate surface area is 258 Å². The van der Waals surface area contributed by atoms with Crippen LogP contribution in [0.2, 0.25) is 5.02 Å². The Hall–Kier alpha value is -4.04. The molecule has 0 spiro atoms. The summed E-state index contributed by atoms with van der Waals surface area (Å²) >= 11 is 6.92. The van der Waals surface area contributed by atoms with E-state index in [1.165, 1.54) is 41.8 Å². The number of carbonyl (C=O) groups is 1. The minimum absolute atomic E-state index is 0.0910. The number of hydrogen-bond acceptors (Lipinski definition) is 6. The number of rotatable bonds is 9. The second kappa shape index (κ2) is 11.5.